The molecule has 1 aliphatic rings. The number of carbonyl (C=O) groups excluding carboxylic acids is 1. The second-order valence-corrected chi connectivity index (χ2v) is 7.94. The van der Waals surface area contributed by atoms with Crippen molar-refractivity contribution >= 4 is 40.9 Å². The van der Waals surface area contributed by atoms with Crippen molar-refractivity contribution in [3.05, 3.63) is 28.2 Å². The molecule has 0 saturated carbocycles. The van der Waals surface area contributed by atoms with Gasteiger partial charge in [-0.25, -0.2) is 4.68 Å². The molecule has 6 nitrogen and oxygen atoms in total. The van der Waals surface area contributed by atoms with E-state index in [0.717, 1.165) is 25.9 Å². The average molecular weight is 400 g/mol. The zero-order valence-corrected chi connectivity index (χ0v) is 16.1. The highest BCUT2D eigenvalue weighted by Crippen LogP contribution is 2.30. The molecule has 25 heavy (non-hydrogen) atoms. The number of halogens is 2. The second kappa shape index (κ2) is 7.85. The number of amides is 1. The summed E-state index contributed by atoms with van der Waals surface area (Å²) >= 11 is 13.5. The van der Waals surface area contributed by atoms with Crippen LogP contribution in [0.5, 0.6) is 0 Å². The Morgan fingerprint density at radius 1 is 1.32 bits per heavy atom. The first-order valence-corrected chi connectivity index (χ1v) is 9.76. The van der Waals surface area contributed by atoms with Gasteiger partial charge in [0, 0.05) is 23.7 Å². The van der Waals surface area contributed by atoms with Crippen LogP contribution in [0.1, 0.15) is 19.8 Å². The van der Waals surface area contributed by atoms with E-state index in [2.05, 4.69) is 17.1 Å². The maximum absolute atomic E-state index is 12.3. The van der Waals surface area contributed by atoms with E-state index in [1.54, 1.807) is 18.2 Å². The number of hydrogen-bond donors (Lipinski definition) is 1. The molecular weight excluding hydrogens is 381 g/mol. The van der Waals surface area contributed by atoms with Crippen molar-refractivity contribution in [3.8, 4) is 11.4 Å². The van der Waals surface area contributed by atoms with E-state index in [9.17, 15) is 4.79 Å². The lowest BCUT2D eigenvalue weighted by Crippen LogP contribution is -2.39. The topological polar surface area (TPSA) is 77.0 Å². The van der Waals surface area contributed by atoms with Crippen molar-refractivity contribution in [1.29, 1.82) is 0 Å². The molecular formula is C16H19Cl2N5OS. The van der Waals surface area contributed by atoms with Gasteiger partial charge in [0.25, 0.3) is 0 Å². The number of aromatic nitrogens is 3. The van der Waals surface area contributed by atoms with Crippen LogP contribution in [0, 0.1) is 5.92 Å². The molecule has 134 valence electrons. The number of carbonyl (C=O) groups is 1. The third-order valence-electron chi connectivity index (χ3n) is 4.29. The first-order valence-electron chi connectivity index (χ1n) is 8.02. The highest BCUT2D eigenvalue weighted by atomic mass is 35.5. The zero-order chi connectivity index (χ0) is 18.0. The van der Waals surface area contributed by atoms with Crippen LogP contribution in [-0.2, 0) is 4.79 Å². The summed E-state index contributed by atoms with van der Waals surface area (Å²) in [6.07, 6.45) is 2.11. The van der Waals surface area contributed by atoms with Crippen molar-refractivity contribution in [2.24, 2.45) is 5.92 Å². The fraction of sp³-hybridized carbons (Fsp3) is 0.438. The monoisotopic (exact) mass is 399 g/mol. The molecule has 9 heteroatoms. The molecule has 2 heterocycles. The predicted molar refractivity (Wildman–Crippen MR) is 101 cm³/mol. The highest BCUT2D eigenvalue weighted by molar-refractivity contribution is 7.99. The van der Waals surface area contributed by atoms with Crippen LogP contribution >= 0.6 is 35.0 Å². The van der Waals surface area contributed by atoms with Gasteiger partial charge in [0.1, 0.15) is 0 Å². The number of hydrogen-bond acceptors (Lipinski definition) is 5. The molecule has 1 fully saturated rings. The van der Waals surface area contributed by atoms with Gasteiger partial charge in [-0.2, -0.15) is 0 Å². The fourth-order valence-electron chi connectivity index (χ4n) is 2.70. The van der Waals surface area contributed by atoms with E-state index < -0.39 is 0 Å². The van der Waals surface area contributed by atoms with E-state index in [4.69, 9.17) is 29.0 Å². The van der Waals surface area contributed by atoms with Gasteiger partial charge < -0.3 is 10.7 Å². The Hall–Kier alpha value is -1.44. The summed E-state index contributed by atoms with van der Waals surface area (Å²) in [5, 5.41) is 9.64. The Labute approximate surface area is 160 Å². The normalized spacial score (nSPS) is 15.6. The number of piperidine rings is 1. The van der Waals surface area contributed by atoms with Crippen molar-refractivity contribution in [1.82, 2.24) is 19.8 Å². The van der Waals surface area contributed by atoms with E-state index in [0.29, 0.717) is 32.5 Å². The summed E-state index contributed by atoms with van der Waals surface area (Å²) < 4.78 is 1.34. The van der Waals surface area contributed by atoms with Gasteiger partial charge in [-0.1, -0.05) is 41.9 Å². The maximum Gasteiger partial charge on any atom is 0.233 e. The largest absolute Gasteiger partial charge is 0.342 e. The molecule has 0 radical (unpaired) electrons. The maximum atomic E-state index is 12.3. The standard InChI is InChI=1S/C16H19Cl2N5OS/c1-10-4-6-22(7-5-10)14(24)9-25-16-21-20-15(23(16)19)12-8-11(17)2-3-13(12)18/h2-3,8,10H,4-7,9,19H2,1H3. The number of rotatable bonds is 4. The number of nitrogen functional groups attached to an aromatic ring is 1. The minimum absolute atomic E-state index is 0.0993. The summed E-state index contributed by atoms with van der Waals surface area (Å²) in [6.45, 7) is 3.86. The second-order valence-electron chi connectivity index (χ2n) is 6.15. The zero-order valence-electron chi connectivity index (χ0n) is 13.8. The van der Waals surface area contributed by atoms with Crippen LogP contribution in [-0.4, -0.2) is 44.5 Å². The molecule has 0 atom stereocenters. The summed E-state index contributed by atoms with van der Waals surface area (Å²) in [7, 11) is 0. The molecule has 1 aromatic carbocycles. The fourth-order valence-corrected chi connectivity index (χ4v) is 3.84. The van der Waals surface area contributed by atoms with Crippen LogP contribution in [0.4, 0.5) is 0 Å². The van der Waals surface area contributed by atoms with Crippen molar-refractivity contribution < 1.29 is 4.79 Å². The number of thioether (sulfide) groups is 1. The smallest absolute Gasteiger partial charge is 0.233 e. The number of likely N-dealkylation sites (tertiary alicyclic amines) is 1. The van der Waals surface area contributed by atoms with Crippen LogP contribution in [0.3, 0.4) is 0 Å². The molecule has 1 aliphatic heterocycles. The molecule has 0 spiro atoms. The molecule has 0 unspecified atom stereocenters. The molecule has 0 bridgehead atoms. The molecule has 2 N–H and O–H groups in total. The minimum Gasteiger partial charge on any atom is -0.342 e. The lowest BCUT2D eigenvalue weighted by Gasteiger charge is -2.30. The third-order valence-corrected chi connectivity index (χ3v) is 5.79. The van der Waals surface area contributed by atoms with Gasteiger partial charge in [-0.3, -0.25) is 4.79 Å². The number of nitrogens with two attached hydrogens (primary N) is 1. The van der Waals surface area contributed by atoms with Crippen molar-refractivity contribution in [2.75, 3.05) is 24.7 Å². The number of nitrogens with zero attached hydrogens (tertiary/aromatic N) is 4. The van der Waals surface area contributed by atoms with E-state index in [1.807, 2.05) is 4.90 Å². The van der Waals surface area contributed by atoms with E-state index in [1.165, 1.54) is 16.4 Å². The number of benzene rings is 1. The van der Waals surface area contributed by atoms with E-state index in [-0.39, 0.29) is 11.7 Å². The minimum atomic E-state index is 0.0993. The quantitative estimate of drug-likeness (QED) is 0.630. The average Bonchev–Trinajstić information content (AvgIpc) is 2.96. The highest BCUT2D eigenvalue weighted by Gasteiger charge is 2.22. The molecule has 3 rings (SSSR count). The van der Waals surface area contributed by atoms with Gasteiger partial charge >= 0.3 is 0 Å². The van der Waals surface area contributed by atoms with Gasteiger partial charge in [0.2, 0.25) is 11.1 Å². The summed E-state index contributed by atoms with van der Waals surface area (Å²) in [6, 6.07) is 5.06. The van der Waals surface area contributed by atoms with Crippen LogP contribution in [0.15, 0.2) is 23.4 Å². The predicted octanol–water partition coefficient (Wildman–Crippen LogP) is 3.32. The van der Waals surface area contributed by atoms with Gasteiger partial charge in [0.15, 0.2) is 5.82 Å². The van der Waals surface area contributed by atoms with Gasteiger partial charge in [-0.15, -0.1) is 10.2 Å². The summed E-state index contributed by atoms with van der Waals surface area (Å²) in [5.74, 6) is 7.57. The Balaban J connectivity index is 1.67. The molecule has 1 amide bonds. The van der Waals surface area contributed by atoms with Crippen molar-refractivity contribution in [3.63, 3.8) is 0 Å². The molecule has 1 aromatic heterocycles. The van der Waals surface area contributed by atoms with Gasteiger partial charge in [-0.05, 0) is 37.0 Å². The van der Waals surface area contributed by atoms with Crippen LogP contribution in [0.25, 0.3) is 11.4 Å². The lowest BCUT2D eigenvalue weighted by atomic mass is 9.99. The molecule has 2 aromatic rings. The summed E-state index contributed by atoms with van der Waals surface area (Å²) in [4.78, 5) is 14.2. The Bertz CT molecular complexity index is 774. The summed E-state index contributed by atoms with van der Waals surface area (Å²) in [5.41, 5.74) is 0.604. The Morgan fingerprint density at radius 3 is 2.76 bits per heavy atom. The van der Waals surface area contributed by atoms with Crippen molar-refractivity contribution in [2.45, 2.75) is 24.9 Å². The first kappa shape index (κ1) is 18.4. The Morgan fingerprint density at radius 2 is 2.04 bits per heavy atom. The third kappa shape index (κ3) is 4.22. The SMILES string of the molecule is CC1CCN(C(=O)CSc2nnc(-c3cc(Cl)ccc3Cl)n2N)CC1. The van der Waals surface area contributed by atoms with E-state index >= 15 is 0 Å². The molecule has 0 aliphatic carbocycles. The first-order chi connectivity index (χ1) is 12.0. The Kier molecular flexibility index (Phi) is 5.76. The van der Waals surface area contributed by atoms with Gasteiger partial charge in [0.05, 0.1) is 10.8 Å². The van der Waals surface area contributed by atoms with Crippen LogP contribution in [0.2, 0.25) is 10.0 Å². The lowest BCUT2D eigenvalue weighted by molar-refractivity contribution is -0.129. The van der Waals surface area contributed by atoms with Crippen LogP contribution < -0.4 is 5.84 Å². The molecule has 1 saturated heterocycles.